The number of nitrogens with one attached hydrogen (secondary N) is 1. The molecule has 0 spiro atoms. The Kier molecular flexibility index (Phi) is 6.32. The third kappa shape index (κ3) is 4.61. The Hall–Kier alpha value is -3.19. The predicted molar refractivity (Wildman–Crippen MR) is 117 cm³/mol. The van der Waals surface area contributed by atoms with Crippen LogP contribution in [-0.4, -0.2) is 60.3 Å². The van der Waals surface area contributed by atoms with E-state index in [0.29, 0.717) is 23.4 Å². The molecule has 2 aliphatic rings. The molecule has 3 amide bonds. The molecule has 4 rings (SSSR count). The van der Waals surface area contributed by atoms with Crippen LogP contribution in [0.3, 0.4) is 0 Å². The van der Waals surface area contributed by atoms with E-state index in [-0.39, 0.29) is 24.3 Å². The van der Waals surface area contributed by atoms with E-state index in [2.05, 4.69) is 17.1 Å². The zero-order chi connectivity index (χ0) is 21.8. The van der Waals surface area contributed by atoms with Gasteiger partial charge in [0.2, 0.25) is 0 Å². The molecule has 0 fully saturated rings. The highest BCUT2D eigenvalue weighted by atomic mass is 16.5. The molecule has 0 unspecified atom stereocenters. The van der Waals surface area contributed by atoms with Crippen molar-refractivity contribution in [1.29, 1.82) is 0 Å². The highest BCUT2D eigenvalue weighted by Gasteiger charge is 2.34. The molecule has 31 heavy (non-hydrogen) atoms. The number of imide groups is 1. The van der Waals surface area contributed by atoms with Gasteiger partial charge in [0.05, 0.1) is 16.8 Å². The Morgan fingerprint density at radius 3 is 2.45 bits per heavy atom. The van der Waals surface area contributed by atoms with Crippen LogP contribution >= 0.6 is 0 Å². The second kappa shape index (κ2) is 9.31. The van der Waals surface area contributed by atoms with Crippen molar-refractivity contribution in [3.05, 3.63) is 59.2 Å². The van der Waals surface area contributed by atoms with Crippen LogP contribution < -0.4 is 10.1 Å². The molecule has 0 saturated carbocycles. The first-order valence-corrected chi connectivity index (χ1v) is 10.8. The van der Waals surface area contributed by atoms with E-state index in [0.717, 1.165) is 50.1 Å². The predicted octanol–water partition coefficient (Wildman–Crippen LogP) is 2.96. The number of ether oxygens (including phenoxy) is 1. The molecule has 2 aromatic rings. The fourth-order valence-corrected chi connectivity index (χ4v) is 4.12. The number of nitrogens with zero attached hydrogens (tertiary/aromatic N) is 2. The summed E-state index contributed by atoms with van der Waals surface area (Å²) < 4.78 is 5.42. The monoisotopic (exact) mass is 421 g/mol. The van der Waals surface area contributed by atoms with Gasteiger partial charge in [-0.3, -0.25) is 19.3 Å². The first-order chi connectivity index (χ1) is 15.1. The summed E-state index contributed by atoms with van der Waals surface area (Å²) in [5.41, 5.74) is 2.86. The summed E-state index contributed by atoms with van der Waals surface area (Å²) in [6.45, 7) is 5.25. The summed E-state index contributed by atoms with van der Waals surface area (Å²) in [6, 6.07) is 12.9. The van der Waals surface area contributed by atoms with Gasteiger partial charge in [-0.05, 0) is 62.2 Å². The van der Waals surface area contributed by atoms with E-state index in [1.807, 2.05) is 18.2 Å². The van der Waals surface area contributed by atoms with Gasteiger partial charge in [0, 0.05) is 13.1 Å². The van der Waals surface area contributed by atoms with Crippen molar-refractivity contribution < 1.29 is 19.1 Å². The van der Waals surface area contributed by atoms with Crippen molar-refractivity contribution in [2.75, 3.05) is 38.1 Å². The summed E-state index contributed by atoms with van der Waals surface area (Å²) in [6.07, 6.45) is 2.61. The molecular weight excluding hydrogens is 394 g/mol. The topological polar surface area (TPSA) is 79.0 Å². The van der Waals surface area contributed by atoms with E-state index in [1.165, 1.54) is 4.90 Å². The molecular formula is C24H27N3O4. The van der Waals surface area contributed by atoms with Gasteiger partial charge >= 0.3 is 0 Å². The fourth-order valence-electron chi connectivity index (χ4n) is 4.12. The third-order valence-corrected chi connectivity index (χ3v) is 5.67. The maximum absolute atomic E-state index is 12.5. The van der Waals surface area contributed by atoms with Crippen molar-refractivity contribution in [2.24, 2.45) is 0 Å². The van der Waals surface area contributed by atoms with Crippen LogP contribution in [-0.2, 0) is 11.2 Å². The minimum absolute atomic E-state index is 0.0593. The summed E-state index contributed by atoms with van der Waals surface area (Å²) in [5.74, 6) is 0.182. The van der Waals surface area contributed by atoms with Crippen molar-refractivity contribution in [3.8, 4) is 5.75 Å². The Morgan fingerprint density at radius 1 is 1.00 bits per heavy atom. The highest BCUT2D eigenvalue weighted by molar-refractivity contribution is 6.21. The lowest BCUT2D eigenvalue weighted by molar-refractivity contribution is -0.118. The van der Waals surface area contributed by atoms with E-state index in [1.54, 1.807) is 24.3 Å². The SMILES string of the molecule is CCCN(CCCN1C(=O)c2ccccc2C1=O)CCc1ccc2c(c1)NC(=O)CO2. The van der Waals surface area contributed by atoms with Crippen molar-refractivity contribution in [1.82, 2.24) is 9.80 Å². The van der Waals surface area contributed by atoms with Gasteiger partial charge in [-0.2, -0.15) is 0 Å². The Morgan fingerprint density at radius 2 is 1.74 bits per heavy atom. The number of hydrogen-bond acceptors (Lipinski definition) is 5. The molecule has 0 bridgehead atoms. The first-order valence-electron chi connectivity index (χ1n) is 10.8. The van der Waals surface area contributed by atoms with E-state index in [4.69, 9.17) is 4.74 Å². The Balaban J connectivity index is 1.30. The number of amides is 3. The zero-order valence-corrected chi connectivity index (χ0v) is 17.7. The Labute approximate surface area is 182 Å². The van der Waals surface area contributed by atoms with Crippen LogP contribution in [0, 0.1) is 0 Å². The van der Waals surface area contributed by atoms with Crippen LogP contribution in [0.2, 0.25) is 0 Å². The molecule has 7 heteroatoms. The van der Waals surface area contributed by atoms with Gasteiger partial charge < -0.3 is 15.0 Å². The van der Waals surface area contributed by atoms with E-state index < -0.39 is 0 Å². The largest absolute Gasteiger partial charge is 0.482 e. The number of carbonyl (C=O) groups is 3. The van der Waals surface area contributed by atoms with Gasteiger partial charge in [0.15, 0.2) is 6.61 Å². The van der Waals surface area contributed by atoms with Crippen molar-refractivity contribution >= 4 is 23.4 Å². The smallest absolute Gasteiger partial charge is 0.262 e. The number of benzene rings is 2. The summed E-state index contributed by atoms with van der Waals surface area (Å²) in [5, 5.41) is 2.85. The van der Waals surface area contributed by atoms with Gasteiger partial charge in [-0.25, -0.2) is 0 Å². The summed E-state index contributed by atoms with van der Waals surface area (Å²) in [4.78, 5) is 40.3. The molecule has 0 atom stereocenters. The zero-order valence-electron chi connectivity index (χ0n) is 17.7. The van der Waals surface area contributed by atoms with Gasteiger partial charge in [0.1, 0.15) is 5.75 Å². The average Bonchev–Trinajstić information content (AvgIpc) is 3.02. The molecule has 0 saturated heterocycles. The van der Waals surface area contributed by atoms with Crippen molar-refractivity contribution in [3.63, 3.8) is 0 Å². The maximum Gasteiger partial charge on any atom is 0.262 e. The fraction of sp³-hybridized carbons (Fsp3) is 0.375. The van der Waals surface area contributed by atoms with Crippen LogP contribution in [0.15, 0.2) is 42.5 Å². The normalized spacial score (nSPS) is 15.0. The Bertz CT molecular complexity index is 969. The number of carbonyl (C=O) groups excluding carboxylic acids is 3. The number of rotatable bonds is 9. The van der Waals surface area contributed by atoms with Crippen molar-refractivity contribution in [2.45, 2.75) is 26.2 Å². The summed E-state index contributed by atoms with van der Waals surface area (Å²) in [7, 11) is 0. The molecule has 2 aromatic carbocycles. The number of anilines is 1. The molecule has 0 aromatic heterocycles. The van der Waals surface area contributed by atoms with E-state index in [9.17, 15) is 14.4 Å². The average molecular weight is 421 g/mol. The molecule has 7 nitrogen and oxygen atoms in total. The maximum atomic E-state index is 12.5. The van der Waals surface area contributed by atoms with Gasteiger partial charge in [-0.1, -0.05) is 25.1 Å². The molecule has 2 aliphatic heterocycles. The lowest BCUT2D eigenvalue weighted by atomic mass is 10.1. The molecule has 2 heterocycles. The lowest BCUT2D eigenvalue weighted by Crippen LogP contribution is -2.34. The third-order valence-electron chi connectivity index (χ3n) is 5.67. The molecule has 162 valence electrons. The molecule has 0 radical (unpaired) electrons. The van der Waals surface area contributed by atoms with Gasteiger partial charge in [-0.15, -0.1) is 0 Å². The second-order valence-electron chi connectivity index (χ2n) is 7.92. The molecule has 1 N–H and O–H groups in total. The van der Waals surface area contributed by atoms with Crippen LogP contribution in [0.25, 0.3) is 0 Å². The standard InChI is InChI=1S/C24H27N3O4/c1-2-11-26(14-10-17-8-9-21-20(15-17)25-22(28)16-31-21)12-5-13-27-23(29)18-6-3-4-7-19(18)24(27)30/h3-4,6-9,15H,2,5,10-14,16H2,1H3,(H,25,28). The first kappa shape index (κ1) is 21.1. The minimum atomic E-state index is -0.194. The quantitative estimate of drug-likeness (QED) is 0.630. The van der Waals surface area contributed by atoms with Crippen LogP contribution in [0.4, 0.5) is 5.69 Å². The van der Waals surface area contributed by atoms with E-state index >= 15 is 0 Å². The molecule has 0 aliphatic carbocycles. The lowest BCUT2D eigenvalue weighted by Gasteiger charge is -2.23. The summed E-state index contributed by atoms with van der Waals surface area (Å²) >= 11 is 0. The van der Waals surface area contributed by atoms with Gasteiger partial charge in [0.25, 0.3) is 17.7 Å². The number of fused-ring (bicyclic) bond motifs is 2. The van der Waals surface area contributed by atoms with Crippen LogP contribution in [0.1, 0.15) is 46.0 Å². The number of hydrogen-bond donors (Lipinski definition) is 1. The van der Waals surface area contributed by atoms with Crippen LogP contribution in [0.5, 0.6) is 5.75 Å². The minimum Gasteiger partial charge on any atom is -0.482 e. The second-order valence-corrected chi connectivity index (χ2v) is 7.92. The highest BCUT2D eigenvalue weighted by Crippen LogP contribution is 2.28.